The van der Waals surface area contributed by atoms with Gasteiger partial charge in [0.1, 0.15) is 10.6 Å². The summed E-state index contributed by atoms with van der Waals surface area (Å²) in [5.41, 5.74) is 0.583. The van der Waals surface area contributed by atoms with E-state index in [1.54, 1.807) is 25.1 Å². The van der Waals surface area contributed by atoms with Gasteiger partial charge in [-0.1, -0.05) is 24.3 Å². The molecule has 3 aromatic carbocycles. The van der Waals surface area contributed by atoms with Crippen molar-refractivity contribution in [2.75, 3.05) is 6.26 Å². The van der Waals surface area contributed by atoms with Gasteiger partial charge in [0.2, 0.25) is 0 Å². The van der Waals surface area contributed by atoms with Gasteiger partial charge in [0, 0.05) is 23.9 Å². The second kappa shape index (κ2) is 8.03. The Labute approximate surface area is 190 Å². The summed E-state index contributed by atoms with van der Waals surface area (Å²) in [5, 5.41) is 9.05. The van der Waals surface area contributed by atoms with E-state index in [0.29, 0.717) is 5.56 Å². The van der Waals surface area contributed by atoms with Crippen LogP contribution in [0.25, 0.3) is 10.9 Å². The highest BCUT2D eigenvalue weighted by molar-refractivity contribution is 7.91. The van der Waals surface area contributed by atoms with Crippen LogP contribution in [0.1, 0.15) is 11.1 Å². The maximum absolute atomic E-state index is 15.2. The van der Waals surface area contributed by atoms with Crippen LogP contribution in [0.15, 0.2) is 76.7 Å². The molecule has 0 atom stereocenters. The van der Waals surface area contributed by atoms with E-state index < -0.39 is 36.3 Å². The zero-order valence-corrected chi connectivity index (χ0v) is 19.1. The predicted molar refractivity (Wildman–Crippen MR) is 120 cm³/mol. The number of rotatable bonds is 5. The van der Waals surface area contributed by atoms with Crippen LogP contribution < -0.4 is 4.74 Å². The number of nitriles is 1. The number of hydrogen-bond donors (Lipinski definition) is 0. The van der Waals surface area contributed by atoms with Crippen molar-refractivity contribution in [3.8, 4) is 17.6 Å². The van der Waals surface area contributed by atoms with Crippen LogP contribution >= 0.6 is 0 Å². The minimum absolute atomic E-state index is 0.0115. The zero-order valence-electron chi connectivity index (χ0n) is 17.5. The fourth-order valence-electron chi connectivity index (χ4n) is 3.55. The predicted octanol–water partition coefficient (Wildman–Crippen LogP) is 4.39. The molecule has 0 saturated heterocycles. The molecule has 0 bridgehead atoms. The molecule has 7 nitrogen and oxygen atoms in total. The van der Waals surface area contributed by atoms with Crippen molar-refractivity contribution in [1.29, 1.82) is 5.26 Å². The van der Waals surface area contributed by atoms with Crippen LogP contribution in [-0.2, 0) is 19.9 Å². The number of benzene rings is 3. The lowest BCUT2D eigenvalue weighted by Gasteiger charge is -2.14. The fourth-order valence-corrected chi connectivity index (χ4v) is 6.16. The molecule has 0 spiro atoms. The quantitative estimate of drug-likeness (QED) is 0.416. The van der Waals surface area contributed by atoms with Gasteiger partial charge >= 0.3 is 0 Å². The average Bonchev–Trinajstić information content (AvgIpc) is 3.17. The highest BCUT2D eigenvalue weighted by Crippen LogP contribution is 2.39. The van der Waals surface area contributed by atoms with Gasteiger partial charge in [0.05, 0.1) is 22.0 Å². The van der Waals surface area contributed by atoms with Gasteiger partial charge in [0.15, 0.2) is 21.4 Å². The molecule has 4 rings (SSSR count). The van der Waals surface area contributed by atoms with Crippen molar-refractivity contribution >= 4 is 30.8 Å². The number of hydrogen-bond acceptors (Lipinski definition) is 6. The molecule has 0 aliphatic carbocycles. The lowest BCUT2D eigenvalue weighted by atomic mass is 10.2. The Morgan fingerprint density at radius 1 is 1.00 bits per heavy atom. The Morgan fingerprint density at radius 2 is 1.73 bits per heavy atom. The van der Waals surface area contributed by atoms with E-state index in [-0.39, 0.29) is 27.1 Å². The second-order valence-corrected chi connectivity index (χ2v) is 11.1. The average molecular weight is 485 g/mol. The molecular weight excluding hydrogens is 467 g/mol. The van der Waals surface area contributed by atoms with E-state index in [9.17, 15) is 16.8 Å². The van der Waals surface area contributed by atoms with Crippen LogP contribution in [-0.4, -0.2) is 27.1 Å². The monoisotopic (exact) mass is 484 g/mol. The second-order valence-electron chi connectivity index (χ2n) is 7.35. The summed E-state index contributed by atoms with van der Waals surface area (Å²) in [4.78, 5) is -0.476. The minimum atomic E-state index is -4.13. The van der Waals surface area contributed by atoms with Gasteiger partial charge in [0.25, 0.3) is 10.0 Å². The lowest BCUT2D eigenvalue weighted by Crippen LogP contribution is -2.13. The van der Waals surface area contributed by atoms with E-state index in [2.05, 4.69) is 0 Å². The van der Waals surface area contributed by atoms with Gasteiger partial charge in [-0.05, 0) is 42.8 Å². The summed E-state index contributed by atoms with van der Waals surface area (Å²) >= 11 is 0. The summed E-state index contributed by atoms with van der Waals surface area (Å²) in [6.07, 6.45) is 2.06. The topological polar surface area (TPSA) is 106 Å². The Morgan fingerprint density at radius 3 is 2.39 bits per heavy atom. The number of nitrogens with zero attached hydrogens (tertiary/aromatic N) is 2. The molecule has 0 saturated carbocycles. The molecule has 0 unspecified atom stereocenters. The van der Waals surface area contributed by atoms with Gasteiger partial charge in [-0.25, -0.2) is 25.2 Å². The van der Waals surface area contributed by atoms with E-state index in [4.69, 9.17) is 10.00 Å². The molecule has 0 aliphatic rings. The third-order valence-electron chi connectivity index (χ3n) is 5.01. The number of ether oxygens (including phenoxy) is 1. The number of halogens is 1. The van der Waals surface area contributed by atoms with Crippen LogP contribution in [0.3, 0.4) is 0 Å². The van der Waals surface area contributed by atoms with Crippen molar-refractivity contribution in [3.63, 3.8) is 0 Å². The lowest BCUT2D eigenvalue weighted by molar-refractivity contribution is 0.430. The maximum Gasteiger partial charge on any atom is 0.268 e. The van der Waals surface area contributed by atoms with Crippen LogP contribution in [0.4, 0.5) is 4.39 Å². The van der Waals surface area contributed by atoms with Crippen LogP contribution in [0, 0.1) is 24.1 Å². The van der Waals surface area contributed by atoms with Crippen molar-refractivity contribution < 1.29 is 26.0 Å². The zero-order chi connectivity index (χ0) is 24.0. The standard InChI is InChI=1S/C23H17FN2O5S2/c1-15-6-3-4-9-21(15)33(29,30)26-11-10-18-20(26)13-19(24)22(23(18)32(2,27)28)31-17-8-5-7-16(12-17)14-25/h3-13H,1-2H3. The first-order valence-electron chi connectivity index (χ1n) is 9.57. The third kappa shape index (κ3) is 3.97. The highest BCUT2D eigenvalue weighted by Gasteiger charge is 2.28. The normalized spacial score (nSPS) is 11.9. The first-order chi connectivity index (χ1) is 15.5. The molecule has 0 amide bonds. The molecular formula is C23H17FN2O5S2. The molecule has 168 valence electrons. The molecule has 1 heterocycles. The molecule has 10 heteroatoms. The first-order valence-corrected chi connectivity index (χ1v) is 12.9. The van der Waals surface area contributed by atoms with Crippen molar-refractivity contribution in [2.24, 2.45) is 0 Å². The van der Waals surface area contributed by atoms with Crippen molar-refractivity contribution in [2.45, 2.75) is 16.7 Å². The van der Waals surface area contributed by atoms with Gasteiger partial charge in [-0.2, -0.15) is 5.26 Å². The van der Waals surface area contributed by atoms with Gasteiger partial charge in [-0.15, -0.1) is 0 Å². The van der Waals surface area contributed by atoms with E-state index in [0.717, 1.165) is 16.3 Å². The third-order valence-corrected chi connectivity index (χ3v) is 8.00. The molecule has 0 fully saturated rings. The van der Waals surface area contributed by atoms with Gasteiger partial charge in [-0.3, -0.25) is 0 Å². The summed E-state index contributed by atoms with van der Waals surface area (Å²) in [7, 11) is -8.20. The largest absolute Gasteiger partial charge is 0.453 e. The van der Waals surface area contributed by atoms with Crippen LogP contribution in [0.5, 0.6) is 11.5 Å². The SMILES string of the molecule is Cc1ccccc1S(=O)(=O)n1ccc2c(S(C)(=O)=O)c(Oc3cccc(C#N)c3)c(F)cc21. The Bertz CT molecular complexity index is 1670. The Hall–Kier alpha value is -3.68. The van der Waals surface area contributed by atoms with Crippen molar-refractivity contribution in [3.05, 3.63) is 83.8 Å². The molecule has 0 N–H and O–H groups in total. The fraction of sp³-hybridized carbons (Fsp3) is 0.0870. The van der Waals surface area contributed by atoms with E-state index >= 15 is 4.39 Å². The molecule has 33 heavy (non-hydrogen) atoms. The summed E-state index contributed by atoms with van der Waals surface area (Å²) < 4.78 is 73.5. The van der Waals surface area contributed by atoms with Crippen LogP contribution in [0.2, 0.25) is 0 Å². The van der Waals surface area contributed by atoms with E-state index in [1.165, 1.54) is 42.6 Å². The van der Waals surface area contributed by atoms with Gasteiger partial charge < -0.3 is 4.74 Å². The minimum Gasteiger partial charge on any atom is -0.453 e. The summed E-state index contributed by atoms with van der Waals surface area (Å²) in [6.45, 7) is 1.63. The molecule has 0 radical (unpaired) electrons. The smallest absolute Gasteiger partial charge is 0.268 e. The summed E-state index contributed by atoms with van der Waals surface area (Å²) in [6, 6.07) is 16.2. The van der Waals surface area contributed by atoms with Crippen molar-refractivity contribution in [1.82, 2.24) is 3.97 Å². The number of sulfone groups is 1. The maximum atomic E-state index is 15.2. The highest BCUT2D eigenvalue weighted by atomic mass is 32.2. The van der Waals surface area contributed by atoms with E-state index in [1.807, 2.05) is 6.07 Å². The Balaban J connectivity index is 1.98. The number of aromatic nitrogens is 1. The molecule has 4 aromatic rings. The number of aryl methyl sites for hydroxylation is 1. The molecule has 0 aliphatic heterocycles. The Kier molecular flexibility index (Phi) is 5.47. The number of fused-ring (bicyclic) bond motifs is 1. The first kappa shape index (κ1) is 22.5. The molecule has 1 aromatic heterocycles. The summed E-state index contributed by atoms with van der Waals surface area (Å²) in [5.74, 6) is -1.58.